The molecule has 0 amide bonds. The summed E-state index contributed by atoms with van der Waals surface area (Å²) in [4.78, 5) is 39.8. The van der Waals surface area contributed by atoms with E-state index in [4.69, 9.17) is 15.2 Å². The molecule has 2 N–H and O–H groups in total. The molecule has 0 fully saturated rings. The minimum atomic E-state index is -1.11. The van der Waals surface area contributed by atoms with Crippen LogP contribution in [0.3, 0.4) is 0 Å². The van der Waals surface area contributed by atoms with Gasteiger partial charge in [0.05, 0.1) is 11.7 Å². The van der Waals surface area contributed by atoms with Gasteiger partial charge in [-0.25, -0.2) is 19.1 Å². The van der Waals surface area contributed by atoms with Crippen molar-refractivity contribution < 1.29 is 23.9 Å². The number of carbonyl (C=O) groups excluding carboxylic acids is 3. The largest absolute Gasteiger partial charge is 0.454 e. The lowest BCUT2D eigenvalue weighted by atomic mass is 10.1. The number of rotatable bonds is 6. The minimum Gasteiger partial charge on any atom is -0.454 e. The number of esters is 1. The van der Waals surface area contributed by atoms with E-state index in [-0.39, 0.29) is 13.0 Å². The van der Waals surface area contributed by atoms with Crippen LogP contribution in [0, 0.1) is 0 Å². The lowest BCUT2D eigenvalue weighted by Crippen LogP contribution is -2.41. The molecule has 27 heavy (non-hydrogen) atoms. The van der Waals surface area contributed by atoms with Gasteiger partial charge in [-0.3, -0.25) is 4.79 Å². The summed E-state index contributed by atoms with van der Waals surface area (Å²) < 4.78 is 11.3. The number of nitrogens with two attached hydrogens (primary N) is 1. The summed E-state index contributed by atoms with van der Waals surface area (Å²) in [6.45, 7) is 5.11. The van der Waals surface area contributed by atoms with E-state index in [9.17, 15) is 14.4 Å². The quantitative estimate of drug-likeness (QED) is 0.607. The smallest absolute Gasteiger partial charge is 0.419 e. The van der Waals surface area contributed by atoms with Crippen LogP contribution in [-0.4, -0.2) is 39.0 Å². The highest BCUT2D eigenvalue weighted by Gasteiger charge is 2.28. The summed E-state index contributed by atoms with van der Waals surface area (Å²) in [6.07, 6.45) is 2.07. The predicted octanol–water partition coefficient (Wildman–Crippen LogP) is 1.85. The van der Waals surface area contributed by atoms with E-state index < -0.39 is 29.5 Å². The van der Waals surface area contributed by atoms with E-state index in [1.54, 1.807) is 20.8 Å². The van der Waals surface area contributed by atoms with Crippen LogP contribution >= 0.6 is 0 Å². The number of aromatic nitrogens is 2. The monoisotopic (exact) mass is 373 g/mol. The van der Waals surface area contributed by atoms with Crippen molar-refractivity contribution in [2.24, 2.45) is 5.73 Å². The Bertz CT molecular complexity index is 808. The van der Waals surface area contributed by atoms with Gasteiger partial charge in [0, 0.05) is 12.6 Å². The summed E-state index contributed by atoms with van der Waals surface area (Å²) in [5.41, 5.74) is 6.23. The van der Waals surface area contributed by atoms with E-state index in [0.717, 1.165) is 10.1 Å². The SMILES string of the molecule is CC(C)(C)OC(=O)C(=O)[C@@H](N)Cc1cn(C(=O)OCc2ccccc2)cn1. The Morgan fingerprint density at radius 2 is 1.85 bits per heavy atom. The van der Waals surface area contributed by atoms with Gasteiger partial charge in [0.1, 0.15) is 18.5 Å². The van der Waals surface area contributed by atoms with Crippen molar-refractivity contribution in [3.8, 4) is 0 Å². The first-order chi connectivity index (χ1) is 12.7. The fourth-order valence-corrected chi connectivity index (χ4v) is 2.16. The molecule has 1 heterocycles. The summed E-state index contributed by atoms with van der Waals surface area (Å²) in [6, 6.07) is 8.14. The Morgan fingerprint density at radius 3 is 2.48 bits per heavy atom. The Hall–Kier alpha value is -3.00. The molecule has 8 heteroatoms. The van der Waals surface area contributed by atoms with Gasteiger partial charge in [0.15, 0.2) is 0 Å². The summed E-state index contributed by atoms with van der Waals surface area (Å²) in [7, 11) is 0. The molecule has 0 saturated carbocycles. The molecule has 1 aromatic heterocycles. The van der Waals surface area contributed by atoms with Crippen molar-refractivity contribution in [1.82, 2.24) is 9.55 Å². The maximum Gasteiger partial charge on any atom is 0.419 e. The zero-order chi connectivity index (χ0) is 20.0. The van der Waals surface area contributed by atoms with Gasteiger partial charge in [-0.15, -0.1) is 0 Å². The number of nitrogens with zero attached hydrogens (tertiary/aromatic N) is 2. The van der Waals surface area contributed by atoms with Crippen molar-refractivity contribution in [2.45, 2.75) is 45.4 Å². The van der Waals surface area contributed by atoms with Gasteiger partial charge in [0.25, 0.3) is 5.78 Å². The molecule has 0 aliphatic heterocycles. The Balaban J connectivity index is 1.90. The minimum absolute atomic E-state index is 0.00294. The van der Waals surface area contributed by atoms with Crippen molar-refractivity contribution in [3.63, 3.8) is 0 Å². The highest BCUT2D eigenvalue weighted by atomic mass is 16.6. The lowest BCUT2D eigenvalue weighted by molar-refractivity contribution is -0.162. The summed E-state index contributed by atoms with van der Waals surface area (Å²) in [5.74, 6) is -1.83. The molecule has 0 aliphatic carbocycles. The third-order valence-electron chi connectivity index (χ3n) is 3.42. The van der Waals surface area contributed by atoms with E-state index in [0.29, 0.717) is 5.69 Å². The molecular formula is C19H23N3O5. The average Bonchev–Trinajstić information content (AvgIpc) is 3.07. The van der Waals surface area contributed by atoms with Gasteiger partial charge >= 0.3 is 12.1 Å². The van der Waals surface area contributed by atoms with Crippen LogP contribution in [0.25, 0.3) is 0 Å². The molecule has 0 aliphatic rings. The zero-order valence-corrected chi connectivity index (χ0v) is 15.5. The molecule has 2 aromatic rings. The molecule has 8 nitrogen and oxygen atoms in total. The molecule has 0 unspecified atom stereocenters. The molecular weight excluding hydrogens is 350 g/mol. The first-order valence-electron chi connectivity index (χ1n) is 8.42. The number of imidazole rings is 1. The van der Waals surface area contributed by atoms with Gasteiger partial charge in [-0.2, -0.15) is 0 Å². The normalized spacial score (nSPS) is 12.3. The third kappa shape index (κ3) is 6.34. The lowest BCUT2D eigenvalue weighted by Gasteiger charge is -2.19. The Kier molecular flexibility index (Phi) is 6.46. The van der Waals surface area contributed by atoms with Gasteiger partial charge < -0.3 is 15.2 Å². The Morgan fingerprint density at radius 1 is 1.19 bits per heavy atom. The van der Waals surface area contributed by atoms with Crippen molar-refractivity contribution >= 4 is 17.8 Å². The maximum absolute atomic E-state index is 12.0. The van der Waals surface area contributed by atoms with Crippen molar-refractivity contribution in [3.05, 3.63) is 54.1 Å². The zero-order valence-electron chi connectivity index (χ0n) is 15.5. The van der Waals surface area contributed by atoms with Crippen LogP contribution in [-0.2, 0) is 32.1 Å². The molecule has 2 rings (SSSR count). The second kappa shape index (κ2) is 8.59. The molecule has 0 radical (unpaired) electrons. The summed E-state index contributed by atoms with van der Waals surface area (Å²) in [5, 5.41) is 0. The number of carbonyl (C=O) groups is 3. The standard InChI is InChI=1S/C19H23N3O5/c1-19(2,3)27-17(24)16(23)15(20)9-14-10-22(12-21-14)18(25)26-11-13-7-5-4-6-8-13/h4-8,10,12,15H,9,11,20H2,1-3H3/t15-/m0/s1. The first-order valence-corrected chi connectivity index (χ1v) is 8.42. The molecule has 144 valence electrons. The second-order valence-electron chi connectivity index (χ2n) is 6.99. The van der Waals surface area contributed by atoms with E-state index in [1.165, 1.54) is 12.5 Å². The third-order valence-corrected chi connectivity index (χ3v) is 3.42. The number of hydrogen-bond donors (Lipinski definition) is 1. The van der Waals surface area contributed by atoms with Gasteiger partial charge in [0.2, 0.25) is 0 Å². The van der Waals surface area contributed by atoms with Gasteiger partial charge in [-0.1, -0.05) is 30.3 Å². The molecule has 1 aromatic carbocycles. The van der Waals surface area contributed by atoms with Gasteiger partial charge in [-0.05, 0) is 26.3 Å². The van der Waals surface area contributed by atoms with E-state index in [2.05, 4.69) is 4.98 Å². The average molecular weight is 373 g/mol. The number of hydrogen-bond acceptors (Lipinski definition) is 7. The maximum atomic E-state index is 12.0. The fourth-order valence-electron chi connectivity index (χ4n) is 2.16. The van der Waals surface area contributed by atoms with Crippen LogP contribution in [0.2, 0.25) is 0 Å². The number of Topliss-reactive ketones (excluding diaryl/α,β-unsaturated/α-hetero) is 1. The van der Waals surface area contributed by atoms with Crippen LogP contribution < -0.4 is 5.73 Å². The first kappa shape index (κ1) is 20.3. The fraction of sp³-hybridized carbons (Fsp3) is 0.368. The molecule has 1 atom stereocenters. The van der Waals surface area contributed by atoms with Crippen LogP contribution in [0.15, 0.2) is 42.9 Å². The van der Waals surface area contributed by atoms with Crippen LogP contribution in [0.5, 0.6) is 0 Å². The number of ether oxygens (including phenoxy) is 2. The van der Waals surface area contributed by atoms with Crippen molar-refractivity contribution in [2.75, 3.05) is 0 Å². The molecule has 0 bridgehead atoms. The topological polar surface area (TPSA) is 114 Å². The molecule has 0 spiro atoms. The van der Waals surface area contributed by atoms with Crippen LogP contribution in [0.1, 0.15) is 32.0 Å². The molecule has 0 saturated heterocycles. The number of benzene rings is 1. The second-order valence-corrected chi connectivity index (χ2v) is 6.99. The van der Waals surface area contributed by atoms with Crippen LogP contribution in [0.4, 0.5) is 4.79 Å². The highest BCUT2D eigenvalue weighted by molar-refractivity contribution is 6.35. The highest BCUT2D eigenvalue weighted by Crippen LogP contribution is 2.09. The number of ketones is 1. The van der Waals surface area contributed by atoms with Crippen molar-refractivity contribution in [1.29, 1.82) is 0 Å². The Labute approximate surface area is 157 Å². The van der Waals surface area contributed by atoms with E-state index in [1.807, 2.05) is 30.3 Å². The summed E-state index contributed by atoms with van der Waals surface area (Å²) >= 11 is 0. The van der Waals surface area contributed by atoms with E-state index >= 15 is 0 Å². The predicted molar refractivity (Wildman–Crippen MR) is 96.8 cm³/mol.